The molecule has 1 aromatic rings. The number of ether oxygens (including phenoxy) is 1. The Hall–Kier alpha value is -0.940. The molecule has 0 radical (unpaired) electrons. The average molecular weight is 308 g/mol. The monoisotopic (exact) mass is 307 g/mol. The molecule has 0 saturated heterocycles. The largest absolute Gasteiger partial charge is 0.418 e. The van der Waals surface area contributed by atoms with Crippen molar-refractivity contribution in [3.8, 4) is 0 Å². The SMILES string of the molecule is COC1CCCC(Nc2c(Cl)cccc2C(F)(F)F)C1. The molecule has 1 aromatic carbocycles. The Morgan fingerprint density at radius 3 is 2.70 bits per heavy atom. The van der Waals surface area contributed by atoms with Gasteiger partial charge in [0, 0.05) is 13.2 Å². The molecule has 1 fully saturated rings. The number of nitrogens with one attached hydrogen (secondary N) is 1. The third kappa shape index (κ3) is 3.58. The van der Waals surface area contributed by atoms with Crippen molar-refractivity contribution in [2.45, 2.75) is 44.0 Å². The third-order valence-electron chi connectivity index (χ3n) is 3.63. The van der Waals surface area contributed by atoms with Crippen molar-refractivity contribution in [3.63, 3.8) is 0 Å². The Morgan fingerprint density at radius 2 is 2.05 bits per heavy atom. The van der Waals surface area contributed by atoms with Gasteiger partial charge in [0.2, 0.25) is 0 Å². The standard InChI is InChI=1S/C14H17ClF3NO/c1-20-10-5-2-4-9(8-10)19-13-11(14(16,17)18)6-3-7-12(13)15/h3,6-7,9-10,19H,2,4-5,8H2,1H3. The fraction of sp³-hybridized carbons (Fsp3) is 0.571. The summed E-state index contributed by atoms with van der Waals surface area (Å²) in [4.78, 5) is 0. The summed E-state index contributed by atoms with van der Waals surface area (Å²) < 4.78 is 44.3. The van der Waals surface area contributed by atoms with Gasteiger partial charge in [-0.25, -0.2) is 0 Å². The van der Waals surface area contributed by atoms with E-state index in [1.165, 1.54) is 12.1 Å². The van der Waals surface area contributed by atoms with Gasteiger partial charge >= 0.3 is 6.18 Å². The molecule has 1 aliphatic carbocycles. The molecule has 2 unspecified atom stereocenters. The number of hydrogen-bond acceptors (Lipinski definition) is 2. The van der Waals surface area contributed by atoms with Gasteiger partial charge in [-0.2, -0.15) is 13.2 Å². The third-order valence-corrected chi connectivity index (χ3v) is 3.94. The van der Waals surface area contributed by atoms with Crippen LogP contribution in [0, 0.1) is 0 Å². The highest BCUT2D eigenvalue weighted by Gasteiger charge is 2.35. The molecule has 0 spiro atoms. The summed E-state index contributed by atoms with van der Waals surface area (Å²) in [5.74, 6) is 0. The van der Waals surface area contributed by atoms with Gasteiger partial charge in [-0.15, -0.1) is 0 Å². The zero-order valence-corrected chi connectivity index (χ0v) is 11.9. The second-order valence-corrected chi connectivity index (χ2v) is 5.43. The predicted molar refractivity (Wildman–Crippen MR) is 73.1 cm³/mol. The van der Waals surface area contributed by atoms with Crippen LogP contribution in [0.25, 0.3) is 0 Å². The first-order valence-corrected chi connectivity index (χ1v) is 6.94. The molecule has 0 amide bonds. The number of halogens is 4. The molecule has 1 N–H and O–H groups in total. The van der Waals surface area contributed by atoms with Gasteiger partial charge in [0.15, 0.2) is 0 Å². The highest BCUT2D eigenvalue weighted by molar-refractivity contribution is 6.33. The molecule has 112 valence electrons. The van der Waals surface area contributed by atoms with Crippen LogP contribution in [-0.2, 0) is 10.9 Å². The lowest BCUT2D eigenvalue weighted by Crippen LogP contribution is -2.31. The van der Waals surface area contributed by atoms with Crippen molar-refractivity contribution in [2.75, 3.05) is 12.4 Å². The molecular formula is C14H17ClF3NO. The van der Waals surface area contributed by atoms with Gasteiger partial charge in [0.25, 0.3) is 0 Å². The second-order valence-electron chi connectivity index (χ2n) is 5.03. The quantitative estimate of drug-likeness (QED) is 0.871. The first-order valence-electron chi connectivity index (χ1n) is 6.57. The second kappa shape index (κ2) is 6.22. The van der Waals surface area contributed by atoms with E-state index in [9.17, 15) is 13.2 Å². The van der Waals surface area contributed by atoms with Gasteiger partial charge in [-0.05, 0) is 37.8 Å². The van der Waals surface area contributed by atoms with E-state index in [1.807, 2.05) is 0 Å². The topological polar surface area (TPSA) is 21.3 Å². The minimum Gasteiger partial charge on any atom is -0.381 e. The van der Waals surface area contributed by atoms with Crippen LogP contribution in [0.15, 0.2) is 18.2 Å². The van der Waals surface area contributed by atoms with Gasteiger partial charge in [-0.3, -0.25) is 0 Å². The minimum atomic E-state index is -4.41. The van der Waals surface area contributed by atoms with Crippen LogP contribution in [-0.4, -0.2) is 19.3 Å². The zero-order valence-electron chi connectivity index (χ0n) is 11.1. The molecule has 0 heterocycles. The van der Waals surface area contributed by atoms with Crippen molar-refractivity contribution in [2.24, 2.45) is 0 Å². The smallest absolute Gasteiger partial charge is 0.381 e. The van der Waals surface area contributed by atoms with Gasteiger partial charge in [0.05, 0.1) is 22.4 Å². The predicted octanol–water partition coefficient (Wildman–Crippen LogP) is 4.73. The summed E-state index contributed by atoms with van der Waals surface area (Å²) in [6.07, 6.45) is -0.923. The van der Waals surface area contributed by atoms with Crippen LogP contribution in [0.1, 0.15) is 31.2 Å². The molecule has 6 heteroatoms. The maximum absolute atomic E-state index is 13.0. The van der Waals surface area contributed by atoms with Crippen LogP contribution in [0.3, 0.4) is 0 Å². The maximum Gasteiger partial charge on any atom is 0.418 e. The molecule has 2 nitrogen and oxygen atoms in total. The summed E-state index contributed by atoms with van der Waals surface area (Å²) in [5, 5.41) is 3.05. The van der Waals surface area contributed by atoms with E-state index in [4.69, 9.17) is 16.3 Å². The van der Waals surface area contributed by atoms with Crippen LogP contribution < -0.4 is 5.32 Å². The van der Waals surface area contributed by atoms with Crippen molar-refractivity contribution < 1.29 is 17.9 Å². The Labute approximate surface area is 121 Å². The van der Waals surface area contributed by atoms with E-state index in [0.717, 1.165) is 25.3 Å². The first-order chi connectivity index (χ1) is 9.41. The van der Waals surface area contributed by atoms with Crippen LogP contribution in [0.5, 0.6) is 0 Å². The van der Waals surface area contributed by atoms with E-state index < -0.39 is 11.7 Å². The number of rotatable bonds is 3. The fourth-order valence-electron chi connectivity index (χ4n) is 2.60. The van der Waals surface area contributed by atoms with Crippen molar-refractivity contribution >= 4 is 17.3 Å². The molecule has 0 aromatic heterocycles. The van der Waals surface area contributed by atoms with Crippen molar-refractivity contribution in [3.05, 3.63) is 28.8 Å². The number of methoxy groups -OCH3 is 1. The molecular weight excluding hydrogens is 291 g/mol. The Balaban J connectivity index is 2.20. The highest BCUT2D eigenvalue weighted by atomic mass is 35.5. The molecule has 20 heavy (non-hydrogen) atoms. The Bertz CT molecular complexity index is 464. The van der Waals surface area contributed by atoms with Crippen LogP contribution in [0.2, 0.25) is 5.02 Å². The number of anilines is 1. The minimum absolute atomic E-state index is 0.0246. The van der Waals surface area contributed by atoms with E-state index in [1.54, 1.807) is 7.11 Å². The van der Waals surface area contributed by atoms with Crippen LogP contribution in [0.4, 0.5) is 18.9 Å². The van der Waals surface area contributed by atoms with Crippen LogP contribution >= 0.6 is 11.6 Å². The Kier molecular flexibility index (Phi) is 4.81. The lowest BCUT2D eigenvalue weighted by Gasteiger charge is -2.30. The maximum atomic E-state index is 13.0. The van der Waals surface area contributed by atoms with Gasteiger partial charge in [-0.1, -0.05) is 17.7 Å². The molecule has 1 aliphatic rings. The summed E-state index contributed by atoms with van der Waals surface area (Å²) in [7, 11) is 1.63. The van der Waals surface area contributed by atoms with Crippen molar-refractivity contribution in [1.29, 1.82) is 0 Å². The van der Waals surface area contributed by atoms with Crippen molar-refractivity contribution in [1.82, 2.24) is 0 Å². The molecule has 2 rings (SSSR count). The Morgan fingerprint density at radius 1 is 1.30 bits per heavy atom. The average Bonchev–Trinajstić information content (AvgIpc) is 2.40. The zero-order chi connectivity index (χ0) is 14.8. The van der Waals surface area contributed by atoms with Gasteiger partial charge < -0.3 is 10.1 Å². The normalized spacial score (nSPS) is 23.6. The summed E-state index contributed by atoms with van der Waals surface area (Å²) in [6, 6.07) is 3.78. The number of hydrogen-bond donors (Lipinski definition) is 1. The summed E-state index contributed by atoms with van der Waals surface area (Å²) in [6.45, 7) is 0. The van der Waals surface area contributed by atoms with E-state index in [-0.39, 0.29) is 22.9 Å². The number of alkyl halides is 3. The molecule has 1 saturated carbocycles. The summed E-state index contributed by atoms with van der Waals surface area (Å²) in [5.41, 5.74) is -0.743. The highest BCUT2D eigenvalue weighted by Crippen LogP contribution is 2.39. The van der Waals surface area contributed by atoms with E-state index >= 15 is 0 Å². The lowest BCUT2D eigenvalue weighted by molar-refractivity contribution is -0.137. The molecule has 0 bridgehead atoms. The first kappa shape index (κ1) is 15.4. The van der Waals surface area contributed by atoms with E-state index in [0.29, 0.717) is 6.42 Å². The lowest BCUT2D eigenvalue weighted by atomic mass is 9.92. The molecule has 0 aliphatic heterocycles. The van der Waals surface area contributed by atoms with Gasteiger partial charge in [0.1, 0.15) is 0 Å². The van der Waals surface area contributed by atoms with E-state index in [2.05, 4.69) is 5.32 Å². The summed E-state index contributed by atoms with van der Waals surface area (Å²) >= 11 is 5.93. The fourth-order valence-corrected chi connectivity index (χ4v) is 2.83. The molecule has 2 atom stereocenters. The number of benzene rings is 1. The number of para-hydroxylation sites is 1.